The summed E-state index contributed by atoms with van der Waals surface area (Å²) in [5, 5.41) is 2.91. The number of hydrogen-bond acceptors (Lipinski definition) is 1. The van der Waals surface area contributed by atoms with Crippen molar-refractivity contribution in [2.45, 2.75) is 39.0 Å². The van der Waals surface area contributed by atoms with Crippen LogP contribution < -0.4 is 5.32 Å². The van der Waals surface area contributed by atoms with Gasteiger partial charge < -0.3 is 5.32 Å². The van der Waals surface area contributed by atoms with E-state index in [1.54, 1.807) is 0 Å². The number of aryl methyl sites for hydroxylation is 1. The number of rotatable bonds is 6. The summed E-state index contributed by atoms with van der Waals surface area (Å²) in [6.45, 7) is 6.82. The lowest BCUT2D eigenvalue weighted by Gasteiger charge is -2.13. The van der Waals surface area contributed by atoms with Crippen LogP contribution in [0.15, 0.2) is 24.3 Å². The number of alkyl halides is 1. The highest BCUT2D eigenvalue weighted by Crippen LogP contribution is 2.10. The molecular weight excluding hydrogens is 246 g/mol. The Balaban J connectivity index is 2.36. The number of carbonyl (C=O) groups excluding carboxylic acids is 1. The van der Waals surface area contributed by atoms with E-state index in [-0.39, 0.29) is 11.3 Å². The highest BCUT2D eigenvalue weighted by Gasteiger charge is 2.10. The van der Waals surface area contributed by atoms with Gasteiger partial charge in [0, 0.05) is 6.54 Å². The second-order valence-electron chi connectivity index (χ2n) is 5.13. The maximum atomic E-state index is 11.8. The standard InChI is InChI=1S/C15H22ClNO/c1-11(2)8-14(16)10-17-15(18)9-13-7-5-4-6-12(13)3/h4-7,11,14H,8-10H2,1-3H3,(H,17,18). The molecule has 1 amide bonds. The predicted molar refractivity (Wildman–Crippen MR) is 77.0 cm³/mol. The molecule has 0 fully saturated rings. The summed E-state index contributed by atoms with van der Waals surface area (Å²) in [4.78, 5) is 11.8. The quantitative estimate of drug-likeness (QED) is 0.788. The van der Waals surface area contributed by atoms with E-state index in [9.17, 15) is 4.79 Å². The van der Waals surface area contributed by atoms with Crippen molar-refractivity contribution < 1.29 is 4.79 Å². The number of hydrogen-bond donors (Lipinski definition) is 1. The molecular formula is C15H22ClNO. The summed E-state index contributed by atoms with van der Waals surface area (Å²) < 4.78 is 0. The maximum absolute atomic E-state index is 11.8. The Hall–Kier alpha value is -1.02. The summed E-state index contributed by atoms with van der Waals surface area (Å²) >= 11 is 6.14. The Kier molecular flexibility index (Phi) is 6.20. The molecule has 0 aliphatic carbocycles. The molecule has 0 aromatic heterocycles. The third-order valence-corrected chi connectivity index (χ3v) is 3.19. The van der Waals surface area contributed by atoms with Crippen molar-refractivity contribution in [3.63, 3.8) is 0 Å². The van der Waals surface area contributed by atoms with Gasteiger partial charge in [0.05, 0.1) is 11.8 Å². The monoisotopic (exact) mass is 267 g/mol. The number of nitrogens with one attached hydrogen (secondary N) is 1. The van der Waals surface area contributed by atoms with Gasteiger partial charge in [-0.15, -0.1) is 11.6 Å². The molecule has 1 aromatic carbocycles. The molecule has 0 heterocycles. The van der Waals surface area contributed by atoms with Crippen LogP contribution in [-0.4, -0.2) is 17.8 Å². The summed E-state index contributed by atoms with van der Waals surface area (Å²) in [7, 11) is 0. The second kappa shape index (κ2) is 7.42. The van der Waals surface area contributed by atoms with Gasteiger partial charge in [-0.3, -0.25) is 4.79 Å². The topological polar surface area (TPSA) is 29.1 Å². The first-order chi connectivity index (χ1) is 8.49. The Morgan fingerprint density at radius 3 is 2.61 bits per heavy atom. The van der Waals surface area contributed by atoms with E-state index < -0.39 is 0 Å². The van der Waals surface area contributed by atoms with E-state index in [1.807, 2.05) is 31.2 Å². The van der Waals surface area contributed by atoms with Gasteiger partial charge in [-0.25, -0.2) is 0 Å². The van der Waals surface area contributed by atoms with E-state index >= 15 is 0 Å². The van der Waals surface area contributed by atoms with Crippen molar-refractivity contribution in [2.24, 2.45) is 5.92 Å². The molecule has 3 heteroatoms. The Morgan fingerprint density at radius 2 is 2.00 bits per heavy atom. The highest BCUT2D eigenvalue weighted by atomic mass is 35.5. The van der Waals surface area contributed by atoms with Crippen molar-refractivity contribution in [1.82, 2.24) is 5.32 Å². The van der Waals surface area contributed by atoms with Crippen LogP contribution in [0.5, 0.6) is 0 Å². The number of halogens is 1. The van der Waals surface area contributed by atoms with Gasteiger partial charge in [-0.2, -0.15) is 0 Å². The first-order valence-electron chi connectivity index (χ1n) is 6.44. The number of benzene rings is 1. The van der Waals surface area contributed by atoms with Crippen molar-refractivity contribution >= 4 is 17.5 Å². The molecule has 0 radical (unpaired) electrons. The highest BCUT2D eigenvalue weighted by molar-refractivity contribution is 6.20. The molecule has 0 aliphatic rings. The van der Waals surface area contributed by atoms with Gasteiger partial charge >= 0.3 is 0 Å². The van der Waals surface area contributed by atoms with Crippen LogP contribution >= 0.6 is 11.6 Å². The third-order valence-electron chi connectivity index (χ3n) is 2.86. The van der Waals surface area contributed by atoms with Crippen molar-refractivity contribution in [1.29, 1.82) is 0 Å². The molecule has 0 saturated heterocycles. The van der Waals surface area contributed by atoms with Gasteiger partial charge in [0.15, 0.2) is 0 Å². The lowest BCUT2D eigenvalue weighted by molar-refractivity contribution is -0.120. The lowest BCUT2D eigenvalue weighted by Crippen LogP contribution is -2.31. The summed E-state index contributed by atoms with van der Waals surface area (Å²) in [6, 6.07) is 7.94. The maximum Gasteiger partial charge on any atom is 0.224 e. The second-order valence-corrected chi connectivity index (χ2v) is 5.75. The van der Waals surface area contributed by atoms with E-state index in [0.29, 0.717) is 18.9 Å². The molecule has 0 saturated carbocycles. The molecule has 1 atom stereocenters. The summed E-state index contributed by atoms with van der Waals surface area (Å²) in [5.41, 5.74) is 2.22. The SMILES string of the molecule is Cc1ccccc1CC(=O)NCC(Cl)CC(C)C. The minimum Gasteiger partial charge on any atom is -0.354 e. The number of amides is 1. The van der Waals surface area contributed by atoms with Crippen LogP contribution in [0.1, 0.15) is 31.4 Å². The molecule has 1 N–H and O–H groups in total. The Morgan fingerprint density at radius 1 is 1.33 bits per heavy atom. The molecule has 1 aromatic rings. The average Bonchev–Trinajstić information content (AvgIpc) is 2.29. The van der Waals surface area contributed by atoms with Gasteiger partial charge in [-0.1, -0.05) is 38.1 Å². The summed E-state index contributed by atoms with van der Waals surface area (Å²) in [5.74, 6) is 0.597. The fraction of sp³-hybridized carbons (Fsp3) is 0.533. The van der Waals surface area contributed by atoms with Crippen LogP contribution in [0.2, 0.25) is 0 Å². The third kappa shape index (κ3) is 5.54. The molecule has 1 unspecified atom stereocenters. The normalized spacial score (nSPS) is 12.5. The Labute approximate surface area is 115 Å². The first kappa shape index (κ1) is 15.0. The largest absolute Gasteiger partial charge is 0.354 e. The molecule has 0 spiro atoms. The molecule has 1 rings (SSSR count). The van der Waals surface area contributed by atoms with Gasteiger partial charge in [0.1, 0.15) is 0 Å². The fourth-order valence-corrected chi connectivity index (χ4v) is 2.30. The minimum atomic E-state index is 0.0193. The van der Waals surface area contributed by atoms with Gasteiger partial charge in [-0.05, 0) is 30.4 Å². The van der Waals surface area contributed by atoms with Crippen molar-refractivity contribution in [3.8, 4) is 0 Å². The van der Waals surface area contributed by atoms with Crippen LogP contribution in [0, 0.1) is 12.8 Å². The zero-order chi connectivity index (χ0) is 13.5. The van der Waals surface area contributed by atoms with Crippen LogP contribution in [0.25, 0.3) is 0 Å². The summed E-state index contributed by atoms with van der Waals surface area (Å²) in [6.07, 6.45) is 1.35. The molecule has 100 valence electrons. The zero-order valence-electron chi connectivity index (χ0n) is 11.4. The Bertz CT molecular complexity index is 390. The zero-order valence-corrected chi connectivity index (χ0v) is 12.1. The fourth-order valence-electron chi connectivity index (χ4n) is 1.86. The van der Waals surface area contributed by atoms with Crippen LogP contribution in [0.3, 0.4) is 0 Å². The van der Waals surface area contributed by atoms with Crippen molar-refractivity contribution in [2.75, 3.05) is 6.54 Å². The van der Waals surface area contributed by atoms with Crippen molar-refractivity contribution in [3.05, 3.63) is 35.4 Å². The van der Waals surface area contributed by atoms with E-state index in [1.165, 1.54) is 0 Å². The first-order valence-corrected chi connectivity index (χ1v) is 6.88. The van der Waals surface area contributed by atoms with E-state index in [0.717, 1.165) is 17.5 Å². The lowest BCUT2D eigenvalue weighted by atomic mass is 10.1. The number of carbonyl (C=O) groups is 1. The average molecular weight is 268 g/mol. The van der Waals surface area contributed by atoms with Crippen LogP contribution in [0.4, 0.5) is 0 Å². The van der Waals surface area contributed by atoms with E-state index in [4.69, 9.17) is 11.6 Å². The molecule has 18 heavy (non-hydrogen) atoms. The molecule has 0 bridgehead atoms. The molecule has 0 aliphatic heterocycles. The smallest absolute Gasteiger partial charge is 0.224 e. The van der Waals surface area contributed by atoms with Crippen LogP contribution in [-0.2, 0) is 11.2 Å². The van der Waals surface area contributed by atoms with Gasteiger partial charge in [0.25, 0.3) is 0 Å². The minimum absolute atomic E-state index is 0.0193. The van der Waals surface area contributed by atoms with E-state index in [2.05, 4.69) is 19.2 Å². The molecule has 2 nitrogen and oxygen atoms in total. The van der Waals surface area contributed by atoms with Gasteiger partial charge in [0.2, 0.25) is 5.91 Å². The predicted octanol–water partition coefficient (Wildman–Crippen LogP) is 3.31.